The van der Waals surface area contributed by atoms with Gasteiger partial charge in [0.15, 0.2) is 0 Å². The van der Waals surface area contributed by atoms with E-state index in [4.69, 9.17) is 9.47 Å². The van der Waals surface area contributed by atoms with Crippen molar-refractivity contribution in [2.75, 3.05) is 39.5 Å². The maximum atomic E-state index is 12.6. The normalized spacial score (nSPS) is 12.2. The Kier molecular flexibility index (Phi) is 44.1. The highest BCUT2D eigenvalue weighted by molar-refractivity contribution is 5.83. The van der Waals surface area contributed by atoms with E-state index in [1.54, 1.807) is 0 Å². The smallest absolute Gasteiger partial charge is 0.330 e. The number of rotatable bonds is 45. The fourth-order valence-electron chi connectivity index (χ4n) is 7.69. The van der Waals surface area contributed by atoms with Crippen LogP contribution in [-0.2, 0) is 19.1 Å². The van der Waals surface area contributed by atoms with Crippen LogP contribution in [-0.4, -0.2) is 61.4 Å². The van der Waals surface area contributed by atoms with Crippen LogP contribution in [0.5, 0.6) is 0 Å². The molecule has 6 heteroatoms. The molecular weight excluding hydrogens is 707 g/mol. The van der Waals surface area contributed by atoms with E-state index in [1.165, 1.54) is 140 Å². The molecule has 57 heavy (non-hydrogen) atoms. The lowest BCUT2D eigenvalue weighted by Crippen LogP contribution is -2.28. The average molecular weight is 804 g/mol. The van der Waals surface area contributed by atoms with E-state index in [1.807, 2.05) is 12.2 Å². The van der Waals surface area contributed by atoms with Gasteiger partial charge in [-0.3, -0.25) is 0 Å². The van der Waals surface area contributed by atoms with Crippen LogP contribution in [0.25, 0.3) is 0 Å². The van der Waals surface area contributed by atoms with Crippen LogP contribution in [0.2, 0.25) is 0 Å². The Hall–Kier alpha value is -1.66. The third-order valence-corrected chi connectivity index (χ3v) is 11.4. The summed E-state index contributed by atoms with van der Waals surface area (Å²) in [5, 5.41) is 9.44. The lowest BCUT2D eigenvalue weighted by molar-refractivity contribution is -0.138. The average Bonchev–Trinajstić information content (AvgIpc) is 3.20. The number of nitrogens with zero attached hydrogens (tertiary/aromatic N) is 1. The first-order valence-electron chi connectivity index (χ1n) is 25.1. The fourth-order valence-corrected chi connectivity index (χ4v) is 7.69. The Bertz CT molecular complexity index is 861. The van der Waals surface area contributed by atoms with Gasteiger partial charge in [-0.25, -0.2) is 9.59 Å². The van der Waals surface area contributed by atoms with Gasteiger partial charge in [0, 0.05) is 25.3 Å². The third kappa shape index (κ3) is 40.9. The zero-order valence-corrected chi connectivity index (χ0v) is 38.7. The van der Waals surface area contributed by atoms with E-state index in [2.05, 4.69) is 32.6 Å². The van der Waals surface area contributed by atoms with Crippen molar-refractivity contribution in [2.45, 2.75) is 252 Å². The van der Waals surface area contributed by atoms with Crippen molar-refractivity contribution in [3.63, 3.8) is 0 Å². The molecule has 336 valence electrons. The second-order valence-corrected chi connectivity index (χ2v) is 17.1. The molecule has 0 rings (SSSR count). The molecule has 0 aliphatic carbocycles. The molecule has 0 fully saturated rings. The predicted octanol–water partition coefficient (Wildman–Crippen LogP) is 15.0. The van der Waals surface area contributed by atoms with Gasteiger partial charge in [0.2, 0.25) is 0 Å². The largest absolute Gasteiger partial charge is 0.463 e. The summed E-state index contributed by atoms with van der Waals surface area (Å²) in [6.07, 6.45) is 45.2. The molecule has 6 nitrogen and oxygen atoms in total. The third-order valence-electron chi connectivity index (χ3n) is 11.4. The summed E-state index contributed by atoms with van der Waals surface area (Å²) in [6, 6.07) is 0. The van der Waals surface area contributed by atoms with E-state index in [9.17, 15) is 14.7 Å². The van der Waals surface area contributed by atoms with Gasteiger partial charge in [0.1, 0.15) is 0 Å². The van der Waals surface area contributed by atoms with Crippen LogP contribution < -0.4 is 0 Å². The molecule has 1 N–H and O–H groups in total. The molecular formula is C51H97NO5. The molecule has 0 aromatic rings. The first-order chi connectivity index (χ1) is 28.0. The topological polar surface area (TPSA) is 76.1 Å². The summed E-state index contributed by atoms with van der Waals surface area (Å²) in [4.78, 5) is 27.7. The SMILES string of the molecule is CCCCCCCCCCC(=CC(=O)OCCCCCCN(CCCO)CCCCCCOC(=O)/C=C(/CCCCC)CCCCCCCCCC)CCCCC. The number of aliphatic hydroxyl groups is 1. The summed E-state index contributed by atoms with van der Waals surface area (Å²) in [5.74, 6) is -0.301. The van der Waals surface area contributed by atoms with Crippen LogP contribution in [0.1, 0.15) is 252 Å². The molecule has 0 spiro atoms. The maximum absolute atomic E-state index is 12.6. The Morgan fingerprint density at radius 1 is 0.386 bits per heavy atom. The van der Waals surface area contributed by atoms with Gasteiger partial charge >= 0.3 is 11.9 Å². The monoisotopic (exact) mass is 804 g/mol. The Morgan fingerprint density at radius 2 is 0.667 bits per heavy atom. The highest BCUT2D eigenvalue weighted by atomic mass is 16.5. The highest BCUT2D eigenvalue weighted by Gasteiger charge is 2.08. The second kappa shape index (κ2) is 45.4. The molecule has 0 saturated heterocycles. The molecule has 0 aliphatic rings. The minimum atomic E-state index is -0.150. The lowest BCUT2D eigenvalue weighted by Gasteiger charge is -2.22. The number of hydrogen-bond acceptors (Lipinski definition) is 6. The number of hydrogen-bond donors (Lipinski definition) is 1. The molecule has 0 unspecified atom stereocenters. The quantitative estimate of drug-likeness (QED) is 0.0375. The zero-order chi connectivity index (χ0) is 41.7. The molecule has 0 atom stereocenters. The molecule has 0 aromatic heterocycles. The van der Waals surface area contributed by atoms with Gasteiger partial charge in [-0.05, 0) is 96.6 Å². The standard InChI is InChI=1S/C51H97NO5/c1-5-9-13-15-17-19-21-29-38-48(36-27-11-7-3)46-50(54)56-44-33-25-23-31-40-52(42-35-43-53)41-32-24-26-34-45-57-51(55)47-49(37-28-12-8-4)39-30-22-20-18-16-14-10-6-2/h46-47,53H,5-45H2,1-4H3/b48-46-,49-47?. The van der Waals surface area contributed by atoms with E-state index >= 15 is 0 Å². The number of allylic oxidation sites excluding steroid dienone is 2. The number of aliphatic hydroxyl groups excluding tert-OH is 1. The van der Waals surface area contributed by atoms with Crippen molar-refractivity contribution >= 4 is 11.9 Å². The molecule has 0 bridgehead atoms. The Balaban J connectivity index is 4.29. The van der Waals surface area contributed by atoms with Gasteiger partial charge in [-0.15, -0.1) is 0 Å². The molecule has 0 radical (unpaired) electrons. The lowest BCUT2D eigenvalue weighted by atomic mass is 10.00. The van der Waals surface area contributed by atoms with Crippen molar-refractivity contribution in [3.8, 4) is 0 Å². The summed E-state index contributed by atoms with van der Waals surface area (Å²) >= 11 is 0. The predicted molar refractivity (Wildman–Crippen MR) is 246 cm³/mol. The number of esters is 2. The van der Waals surface area contributed by atoms with E-state index < -0.39 is 0 Å². The highest BCUT2D eigenvalue weighted by Crippen LogP contribution is 2.20. The van der Waals surface area contributed by atoms with Crippen molar-refractivity contribution < 1.29 is 24.2 Å². The van der Waals surface area contributed by atoms with Crippen LogP contribution >= 0.6 is 0 Å². The fraction of sp³-hybridized carbons (Fsp3) is 0.882. The van der Waals surface area contributed by atoms with E-state index in [0.29, 0.717) is 13.2 Å². The molecule has 0 saturated carbocycles. The van der Waals surface area contributed by atoms with Crippen molar-refractivity contribution in [1.82, 2.24) is 4.90 Å². The molecule has 0 heterocycles. The summed E-state index contributed by atoms with van der Waals surface area (Å²) in [7, 11) is 0. The van der Waals surface area contributed by atoms with Gasteiger partial charge in [-0.2, -0.15) is 0 Å². The molecule has 0 amide bonds. The number of carbonyl (C=O) groups excluding carboxylic acids is 2. The Morgan fingerprint density at radius 3 is 1.04 bits per heavy atom. The van der Waals surface area contributed by atoms with Crippen LogP contribution in [0.3, 0.4) is 0 Å². The van der Waals surface area contributed by atoms with Crippen LogP contribution in [0.15, 0.2) is 23.3 Å². The van der Waals surface area contributed by atoms with Crippen molar-refractivity contribution in [3.05, 3.63) is 23.3 Å². The van der Waals surface area contributed by atoms with Crippen LogP contribution in [0, 0.1) is 0 Å². The minimum absolute atomic E-state index is 0.150. The van der Waals surface area contributed by atoms with Crippen LogP contribution in [0.4, 0.5) is 0 Å². The van der Waals surface area contributed by atoms with Gasteiger partial charge in [0.05, 0.1) is 13.2 Å². The first-order valence-corrected chi connectivity index (χ1v) is 25.1. The molecule has 0 aromatic carbocycles. The summed E-state index contributed by atoms with van der Waals surface area (Å²) < 4.78 is 11.3. The molecule has 0 aliphatic heterocycles. The van der Waals surface area contributed by atoms with Gasteiger partial charge < -0.3 is 19.5 Å². The number of ether oxygens (including phenoxy) is 2. The van der Waals surface area contributed by atoms with Crippen molar-refractivity contribution in [2.24, 2.45) is 0 Å². The number of unbranched alkanes of at least 4 members (excludes halogenated alkanes) is 24. The Labute approximate surface area is 355 Å². The minimum Gasteiger partial charge on any atom is -0.463 e. The van der Waals surface area contributed by atoms with Crippen molar-refractivity contribution in [1.29, 1.82) is 0 Å². The van der Waals surface area contributed by atoms with E-state index in [-0.39, 0.29) is 18.5 Å². The maximum Gasteiger partial charge on any atom is 0.330 e. The number of carbonyl (C=O) groups is 2. The first kappa shape index (κ1) is 55.3. The second-order valence-electron chi connectivity index (χ2n) is 17.1. The van der Waals surface area contributed by atoms with Gasteiger partial charge in [-0.1, -0.05) is 180 Å². The zero-order valence-electron chi connectivity index (χ0n) is 38.7. The summed E-state index contributed by atoms with van der Waals surface area (Å²) in [6.45, 7) is 13.3. The van der Waals surface area contributed by atoms with E-state index in [0.717, 1.165) is 116 Å². The van der Waals surface area contributed by atoms with Gasteiger partial charge in [0.25, 0.3) is 0 Å². The summed E-state index contributed by atoms with van der Waals surface area (Å²) in [5.41, 5.74) is 2.56.